The van der Waals surface area contributed by atoms with Gasteiger partial charge in [0.2, 0.25) is 0 Å². The third kappa shape index (κ3) is 5.12. The van der Waals surface area contributed by atoms with Crippen molar-refractivity contribution in [1.82, 2.24) is 4.57 Å². The van der Waals surface area contributed by atoms with Gasteiger partial charge in [0.1, 0.15) is 18.2 Å². The van der Waals surface area contributed by atoms with E-state index >= 15 is 0 Å². The molecule has 1 atom stereocenters. The van der Waals surface area contributed by atoms with E-state index in [1.165, 1.54) is 13.2 Å². The fourth-order valence-electron chi connectivity index (χ4n) is 5.61. The molecule has 0 amide bonds. The number of carbonyl (C=O) groups excluding carboxylic acids is 1. The average Bonchev–Trinajstić information content (AvgIpc) is 3.78. The second-order valence-corrected chi connectivity index (χ2v) is 10.6. The molecular weight excluding hydrogens is 501 g/mol. The van der Waals surface area contributed by atoms with Crippen LogP contribution in [0.3, 0.4) is 0 Å². The van der Waals surface area contributed by atoms with Crippen LogP contribution in [0.5, 0.6) is 5.75 Å². The summed E-state index contributed by atoms with van der Waals surface area (Å²) in [6.07, 6.45) is 2.60. The molecule has 1 unspecified atom stereocenters. The molecule has 5 heteroatoms. The first-order chi connectivity index (χ1) is 19.5. The second-order valence-electron chi connectivity index (χ2n) is 10.6. The van der Waals surface area contributed by atoms with Crippen molar-refractivity contribution >= 4 is 16.9 Å². The minimum absolute atomic E-state index is 0.235. The quantitative estimate of drug-likeness (QED) is 0.180. The highest BCUT2D eigenvalue weighted by Crippen LogP contribution is 2.49. The Morgan fingerprint density at radius 2 is 1.62 bits per heavy atom. The molecule has 0 N–H and O–H groups in total. The standard InChI is InChI=1S/C35H32FNO3/c1-23-19-27(15-17-31(23)36)37-32-18-16-28(40-22-25-11-7-4-8-12-25)21-29(32)33(34(37)26-13-14-26)30(35(38)39-2)20-24-9-5-3-6-10-24/h3-12,15-19,21,26,30H,13-14,20,22H2,1-2H3. The van der Waals surface area contributed by atoms with Crippen LogP contribution >= 0.6 is 0 Å². The third-order valence-electron chi connectivity index (χ3n) is 7.74. The van der Waals surface area contributed by atoms with Crippen molar-refractivity contribution in [3.63, 3.8) is 0 Å². The van der Waals surface area contributed by atoms with Crippen LogP contribution in [0, 0.1) is 12.7 Å². The summed E-state index contributed by atoms with van der Waals surface area (Å²) in [5.41, 5.74) is 6.66. The number of esters is 1. The first kappa shape index (κ1) is 25.9. The molecule has 0 aliphatic heterocycles. The zero-order chi connectivity index (χ0) is 27.6. The first-order valence-corrected chi connectivity index (χ1v) is 13.8. The Morgan fingerprint density at radius 1 is 0.925 bits per heavy atom. The van der Waals surface area contributed by atoms with Crippen molar-refractivity contribution in [2.24, 2.45) is 0 Å². The molecule has 0 bridgehead atoms. The van der Waals surface area contributed by atoms with E-state index in [1.54, 1.807) is 6.92 Å². The summed E-state index contributed by atoms with van der Waals surface area (Å²) in [6.45, 7) is 2.23. The summed E-state index contributed by atoms with van der Waals surface area (Å²) < 4.78 is 28.2. The Hall–Kier alpha value is -4.38. The molecule has 4 nitrogen and oxygen atoms in total. The number of nitrogens with zero attached hydrogens (tertiary/aromatic N) is 1. The molecular formula is C35H32FNO3. The molecule has 0 saturated heterocycles. The summed E-state index contributed by atoms with van der Waals surface area (Å²) in [4.78, 5) is 13.5. The van der Waals surface area contributed by atoms with Crippen molar-refractivity contribution < 1.29 is 18.7 Å². The zero-order valence-electron chi connectivity index (χ0n) is 22.8. The number of halogens is 1. The molecule has 40 heavy (non-hydrogen) atoms. The van der Waals surface area contributed by atoms with Crippen LogP contribution in [0.4, 0.5) is 4.39 Å². The van der Waals surface area contributed by atoms with Crippen LogP contribution in [0.2, 0.25) is 0 Å². The van der Waals surface area contributed by atoms with Crippen LogP contribution in [-0.2, 0) is 22.6 Å². The summed E-state index contributed by atoms with van der Waals surface area (Å²) in [5.74, 6) is 0.0370. The number of carbonyl (C=O) groups is 1. The minimum Gasteiger partial charge on any atom is -0.489 e. The number of aryl methyl sites for hydroxylation is 1. The largest absolute Gasteiger partial charge is 0.489 e. The van der Waals surface area contributed by atoms with Gasteiger partial charge in [-0.25, -0.2) is 4.39 Å². The van der Waals surface area contributed by atoms with Crippen LogP contribution in [0.1, 0.15) is 52.6 Å². The molecule has 4 aromatic carbocycles. The Balaban J connectivity index is 1.55. The van der Waals surface area contributed by atoms with Gasteiger partial charge in [-0.15, -0.1) is 0 Å². The van der Waals surface area contributed by atoms with Crippen LogP contribution in [0.25, 0.3) is 16.6 Å². The molecule has 6 rings (SSSR count). The van der Waals surface area contributed by atoms with Gasteiger partial charge in [0.05, 0.1) is 18.5 Å². The van der Waals surface area contributed by atoms with Crippen LogP contribution < -0.4 is 4.74 Å². The smallest absolute Gasteiger partial charge is 0.313 e. The third-order valence-corrected chi connectivity index (χ3v) is 7.74. The van der Waals surface area contributed by atoms with E-state index in [4.69, 9.17) is 9.47 Å². The highest BCUT2D eigenvalue weighted by atomic mass is 19.1. The molecule has 202 valence electrons. The van der Waals surface area contributed by atoms with Gasteiger partial charge in [-0.05, 0) is 90.8 Å². The monoisotopic (exact) mass is 533 g/mol. The number of hydrogen-bond donors (Lipinski definition) is 0. The van der Waals surface area contributed by atoms with E-state index in [0.717, 1.165) is 57.6 Å². The van der Waals surface area contributed by atoms with E-state index in [9.17, 15) is 9.18 Å². The fourth-order valence-corrected chi connectivity index (χ4v) is 5.61. The number of aromatic nitrogens is 1. The maximum Gasteiger partial charge on any atom is 0.313 e. The van der Waals surface area contributed by atoms with E-state index in [2.05, 4.69) is 10.6 Å². The lowest BCUT2D eigenvalue weighted by molar-refractivity contribution is -0.142. The van der Waals surface area contributed by atoms with Gasteiger partial charge in [0.25, 0.3) is 0 Å². The van der Waals surface area contributed by atoms with Crippen LogP contribution in [-0.4, -0.2) is 17.6 Å². The van der Waals surface area contributed by atoms with Gasteiger partial charge in [0, 0.05) is 16.8 Å². The van der Waals surface area contributed by atoms with E-state index in [0.29, 0.717) is 24.5 Å². The highest BCUT2D eigenvalue weighted by molar-refractivity contribution is 5.94. The topological polar surface area (TPSA) is 40.5 Å². The molecule has 1 aliphatic rings. The van der Waals surface area contributed by atoms with E-state index in [-0.39, 0.29) is 11.8 Å². The maximum atomic E-state index is 14.3. The average molecular weight is 534 g/mol. The summed E-state index contributed by atoms with van der Waals surface area (Å²) in [6, 6.07) is 31.4. The predicted octanol–water partition coefficient (Wildman–Crippen LogP) is 8.03. The van der Waals surface area contributed by atoms with Crippen molar-refractivity contribution in [2.75, 3.05) is 7.11 Å². The Kier molecular flexibility index (Phi) is 7.12. The lowest BCUT2D eigenvalue weighted by Gasteiger charge is -2.18. The molecule has 0 spiro atoms. The number of fused-ring (bicyclic) bond motifs is 1. The van der Waals surface area contributed by atoms with Crippen molar-refractivity contribution in [2.45, 2.75) is 44.6 Å². The van der Waals surface area contributed by atoms with Gasteiger partial charge in [-0.2, -0.15) is 0 Å². The number of hydrogen-bond acceptors (Lipinski definition) is 3. The fraction of sp³-hybridized carbons (Fsp3) is 0.229. The normalized spacial score (nSPS) is 13.8. The zero-order valence-corrected chi connectivity index (χ0v) is 22.8. The SMILES string of the molecule is COC(=O)C(Cc1ccccc1)c1c(C2CC2)n(-c2ccc(F)c(C)c2)c2ccc(OCc3ccccc3)cc12. The van der Waals surface area contributed by atoms with Gasteiger partial charge < -0.3 is 14.0 Å². The molecule has 0 radical (unpaired) electrons. The summed E-state index contributed by atoms with van der Waals surface area (Å²) in [7, 11) is 1.45. The Labute approximate surface area is 234 Å². The first-order valence-electron chi connectivity index (χ1n) is 13.8. The van der Waals surface area contributed by atoms with Crippen molar-refractivity contribution in [1.29, 1.82) is 0 Å². The van der Waals surface area contributed by atoms with E-state index < -0.39 is 5.92 Å². The van der Waals surface area contributed by atoms with Gasteiger partial charge in [0.15, 0.2) is 0 Å². The molecule has 1 heterocycles. The summed E-state index contributed by atoms with van der Waals surface area (Å²) >= 11 is 0. The van der Waals surface area contributed by atoms with Gasteiger partial charge in [-0.1, -0.05) is 60.7 Å². The number of benzene rings is 4. The minimum atomic E-state index is -0.502. The Bertz CT molecular complexity index is 1660. The second kappa shape index (κ2) is 11.0. The molecule has 1 saturated carbocycles. The predicted molar refractivity (Wildman–Crippen MR) is 156 cm³/mol. The molecule has 1 aromatic heterocycles. The molecule has 5 aromatic rings. The Morgan fingerprint density at radius 3 is 2.27 bits per heavy atom. The highest BCUT2D eigenvalue weighted by Gasteiger charge is 2.37. The maximum absolute atomic E-state index is 14.3. The number of methoxy groups -OCH3 is 1. The van der Waals surface area contributed by atoms with Gasteiger partial charge >= 0.3 is 5.97 Å². The van der Waals surface area contributed by atoms with Crippen LogP contribution in [0.15, 0.2) is 97.1 Å². The van der Waals surface area contributed by atoms with Crippen molar-refractivity contribution in [3.8, 4) is 11.4 Å². The summed E-state index contributed by atoms with van der Waals surface area (Å²) in [5, 5.41) is 0.959. The molecule has 1 aliphatic carbocycles. The molecule has 1 fully saturated rings. The lowest BCUT2D eigenvalue weighted by Crippen LogP contribution is -2.18. The number of rotatable bonds is 9. The van der Waals surface area contributed by atoms with E-state index in [1.807, 2.05) is 84.9 Å². The lowest BCUT2D eigenvalue weighted by atomic mass is 9.88. The van der Waals surface area contributed by atoms with Gasteiger partial charge in [-0.3, -0.25) is 4.79 Å². The number of ether oxygens (including phenoxy) is 2. The van der Waals surface area contributed by atoms with Crippen molar-refractivity contribution in [3.05, 3.63) is 131 Å².